The van der Waals surface area contributed by atoms with E-state index in [4.69, 9.17) is 0 Å². The molecule has 224 valence electrons. The summed E-state index contributed by atoms with van der Waals surface area (Å²) in [4.78, 5) is 29.1. The first-order valence-electron chi connectivity index (χ1n) is 14.8. The summed E-state index contributed by atoms with van der Waals surface area (Å²) in [5.41, 5.74) is 4.31. The molecule has 0 unspecified atom stereocenters. The minimum Gasteiger partial charge on any atom is -0.352 e. The van der Waals surface area contributed by atoms with Crippen LogP contribution in [0.2, 0.25) is 0 Å². The van der Waals surface area contributed by atoms with E-state index in [9.17, 15) is 18.0 Å². The smallest absolute Gasteiger partial charge is 0.264 e. The van der Waals surface area contributed by atoms with Crippen LogP contribution in [0.25, 0.3) is 0 Å². The molecule has 8 heteroatoms. The van der Waals surface area contributed by atoms with Gasteiger partial charge in [0.15, 0.2) is 0 Å². The fraction of sp³-hybridized carbons (Fsp3) is 0.412. The number of sulfonamides is 1. The van der Waals surface area contributed by atoms with Crippen molar-refractivity contribution in [3.05, 3.63) is 95.1 Å². The molecule has 1 N–H and O–H groups in total. The lowest BCUT2D eigenvalue weighted by atomic mass is 10.0. The maximum atomic E-state index is 14.1. The number of nitrogens with one attached hydrogen (secondary N) is 1. The van der Waals surface area contributed by atoms with E-state index < -0.39 is 28.5 Å². The molecule has 0 aromatic heterocycles. The third-order valence-corrected chi connectivity index (χ3v) is 9.83. The summed E-state index contributed by atoms with van der Waals surface area (Å²) in [5.74, 6) is -0.404. The zero-order valence-electron chi connectivity index (χ0n) is 25.3. The minimum absolute atomic E-state index is 0.103. The summed E-state index contributed by atoms with van der Waals surface area (Å²) in [6, 6.07) is 21.0. The van der Waals surface area contributed by atoms with E-state index in [2.05, 4.69) is 19.2 Å². The molecule has 2 amide bonds. The van der Waals surface area contributed by atoms with Crippen LogP contribution < -0.4 is 9.62 Å². The van der Waals surface area contributed by atoms with Gasteiger partial charge in [-0.05, 0) is 74.9 Å². The third-order valence-electron chi connectivity index (χ3n) is 8.04. The molecule has 3 aromatic carbocycles. The Bertz CT molecular complexity index is 1480. The standard InChI is InChI=1S/C34H43N3O4S/c1-24(2)29-15-17-31(18-16-29)37(42(40,41)32-19-13-25(3)14-20-32)23-33(38)36(22-28-10-8-9-26(4)21-28)27(5)34(39)35-30-11-6-7-12-30/h8-10,13-21,24,27,30H,6-7,11-12,22-23H2,1-5H3,(H,35,39)/t27-/m0/s1. The van der Waals surface area contributed by atoms with Crippen LogP contribution >= 0.6 is 0 Å². The van der Waals surface area contributed by atoms with Gasteiger partial charge in [0.1, 0.15) is 12.6 Å². The van der Waals surface area contributed by atoms with Crippen LogP contribution in [0, 0.1) is 13.8 Å². The highest BCUT2D eigenvalue weighted by Crippen LogP contribution is 2.27. The predicted octanol–water partition coefficient (Wildman–Crippen LogP) is 6.10. The number of benzene rings is 3. The first kappa shape index (κ1) is 31.3. The van der Waals surface area contributed by atoms with Gasteiger partial charge in [-0.25, -0.2) is 8.42 Å². The number of rotatable bonds is 11. The highest BCUT2D eigenvalue weighted by molar-refractivity contribution is 7.92. The van der Waals surface area contributed by atoms with Gasteiger partial charge in [-0.15, -0.1) is 0 Å². The molecule has 0 aliphatic heterocycles. The Balaban J connectivity index is 1.70. The molecule has 0 bridgehead atoms. The maximum absolute atomic E-state index is 14.1. The molecule has 1 aliphatic carbocycles. The molecule has 4 rings (SSSR count). The number of carbonyl (C=O) groups excluding carboxylic acids is 2. The second-order valence-corrected chi connectivity index (χ2v) is 13.6. The Hall–Kier alpha value is -3.65. The van der Waals surface area contributed by atoms with Crippen molar-refractivity contribution in [2.75, 3.05) is 10.8 Å². The van der Waals surface area contributed by atoms with Gasteiger partial charge in [0, 0.05) is 12.6 Å². The molecule has 0 radical (unpaired) electrons. The average molecular weight is 590 g/mol. The van der Waals surface area contributed by atoms with Crippen LogP contribution in [-0.2, 0) is 26.2 Å². The SMILES string of the molecule is Cc1ccc(S(=O)(=O)N(CC(=O)N(Cc2cccc(C)c2)[C@@H](C)C(=O)NC2CCCC2)c2ccc(C(C)C)cc2)cc1. The molecule has 1 atom stereocenters. The van der Waals surface area contributed by atoms with E-state index in [0.717, 1.165) is 52.2 Å². The largest absolute Gasteiger partial charge is 0.352 e. The Kier molecular flexibility index (Phi) is 10.1. The minimum atomic E-state index is -4.09. The van der Waals surface area contributed by atoms with Gasteiger partial charge >= 0.3 is 0 Å². The second kappa shape index (κ2) is 13.6. The van der Waals surface area contributed by atoms with Crippen molar-refractivity contribution in [3.63, 3.8) is 0 Å². The normalized spacial score (nSPS) is 14.5. The maximum Gasteiger partial charge on any atom is 0.264 e. The molecular formula is C34H43N3O4S. The number of hydrogen-bond donors (Lipinski definition) is 1. The fourth-order valence-corrected chi connectivity index (χ4v) is 6.79. The third kappa shape index (κ3) is 7.59. The van der Waals surface area contributed by atoms with Gasteiger partial charge in [-0.1, -0.05) is 86.3 Å². The zero-order valence-corrected chi connectivity index (χ0v) is 26.2. The number of carbonyl (C=O) groups is 2. The molecule has 1 fully saturated rings. The molecule has 7 nitrogen and oxygen atoms in total. The van der Waals surface area contributed by atoms with Gasteiger partial charge in [0.25, 0.3) is 10.0 Å². The predicted molar refractivity (Wildman–Crippen MR) is 168 cm³/mol. The van der Waals surface area contributed by atoms with Gasteiger partial charge in [0.05, 0.1) is 10.6 Å². The molecule has 1 saturated carbocycles. The second-order valence-electron chi connectivity index (χ2n) is 11.7. The first-order valence-corrected chi connectivity index (χ1v) is 16.2. The average Bonchev–Trinajstić information content (AvgIpc) is 3.47. The van der Waals surface area contributed by atoms with Crippen LogP contribution in [0.15, 0.2) is 77.7 Å². The molecule has 1 aliphatic rings. The van der Waals surface area contributed by atoms with Crippen LogP contribution in [0.4, 0.5) is 5.69 Å². The van der Waals surface area contributed by atoms with E-state index in [-0.39, 0.29) is 29.3 Å². The lowest BCUT2D eigenvalue weighted by molar-refractivity contribution is -0.139. The van der Waals surface area contributed by atoms with Crippen molar-refractivity contribution in [2.24, 2.45) is 0 Å². The number of hydrogen-bond acceptors (Lipinski definition) is 4. The van der Waals surface area contributed by atoms with Crippen molar-refractivity contribution >= 4 is 27.5 Å². The summed E-state index contributed by atoms with van der Waals surface area (Å²) in [6.07, 6.45) is 4.01. The van der Waals surface area contributed by atoms with Gasteiger partial charge in [0.2, 0.25) is 11.8 Å². The van der Waals surface area contributed by atoms with Crippen molar-refractivity contribution in [1.82, 2.24) is 10.2 Å². The molecule has 0 spiro atoms. The highest BCUT2D eigenvalue weighted by atomic mass is 32.2. The summed E-state index contributed by atoms with van der Waals surface area (Å²) in [6.45, 7) is 9.47. The van der Waals surface area contributed by atoms with E-state index in [1.807, 2.05) is 50.2 Å². The van der Waals surface area contributed by atoms with Crippen molar-refractivity contribution in [1.29, 1.82) is 0 Å². The Morgan fingerprint density at radius 1 is 0.881 bits per heavy atom. The summed E-state index contributed by atoms with van der Waals surface area (Å²) < 4.78 is 29.2. The quantitative estimate of drug-likeness (QED) is 0.293. The van der Waals surface area contributed by atoms with Gasteiger partial charge in [-0.2, -0.15) is 0 Å². The summed E-state index contributed by atoms with van der Waals surface area (Å²) in [7, 11) is -4.09. The Morgan fingerprint density at radius 2 is 1.52 bits per heavy atom. The number of amides is 2. The van der Waals surface area contributed by atoms with E-state index in [1.54, 1.807) is 43.3 Å². The van der Waals surface area contributed by atoms with E-state index in [0.29, 0.717) is 5.69 Å². The number of nitrogens with zero attached hydrogens (tertiary/aromatic N) is 2. The Morgan fingerprint density at radius 3 is 2.12 bits per heavy atom. The van der Waals surface area contributed by atoms with Gasteiger partial charge in [-0.3, -0.25) is 13.9 Å². The van der Waals surface area contributed by atoms with Crippen molar-refractivity contribution < 1.29 is 18.0 Å². The van der Waals surface area contributed by atoms with Crippen LogP contribution in [-0.4, -0.2) is 43.8 Å². The van der Waals surface area contributed by atoms with E-state index >= 15 is 0 Å². The summed E-state index contributed by atoms with van der Waals surface area (Å²) in [5, 5.41) is 3.11. The fourth-order valence-electron chi connectivity index (χ4n) is 5.37. The monoisotopic (exact) mass is 589 g/mol. The molecule has 3 aromatic rings. The van der Waals surface area contributed by atoms with Crippen LogP contribution in [0.1, 0.15) is 74.6 Å². The highest BCUT2D eigenvalue weighted by Gasteiger charge is 2.33. The van der Waals surface area contributed by atoms with Crippen LogP contribution in [0.5, 0.6) is 0 Å². The number of aryl methyl sites for hydroxylation is 2. The lowest BCUT2D eigenvalue weighted by Crippen LogP contribution is -2.52. The van der Waals surface area contributed by atoms with Crippen molar-refractivity contribution in [2.45, 2.75) is 89.7 Å². The summed E-state index contributed by atoms with van der Waals surface area (Å²) >= 11 is 0. The van der Waals surface area contributed by atoms with Gasteiger partial charge < -0.3 is 10.2 Å². The topological polar surface area (TPSA) is 86.8 Å². The molecule has 42 heavy (non-hydrogen) atoms. The molecule has 0 saturated heterocycles. The van der Waals surface area contributed by atoms with Crippen molar-refractivity contribution in [3.8, 4) is 0 Å². The molecule has 0 heterocycles. The molecular weight excluding hydrogens is 546 g/mol. The van der Waals surface area contributed by atoms with E-state index in [1.165, 1.54) is 4.90 Å². The van der Waals surface area contributed by atoms with Crippen LogP contribution in [0.3, 0.4) is 0 Å². The number of anilines is 1. The first-order chi connectivity index (χ1) is 20.0. The lowest BCUT2D eigenvalue weighted by Gasteiger charge is -2.32. The Labute approximate surface area is 251 Å². The zero-order chi connectivity index (χ0) is 30.4.